The highest BCUT2D eigenvalue weighted by atomic mass is 35.5. The zero-order valence-electron chi connectivity index (χ0n) is 5.22. The van der Waals surface area contributed by atoms with E-state index in [9.17, 15) is 0 Å². The Balaban J connectivity index is -0.00000000114. The molecule has 0 aromatic heterocycles. The third kappa shape index (κ3) is 99.0. The maximum atomic E-state index is 2.14. The highest BCUT2D eigenvalue weighted by Crippen LogP contribution is 0.962. The van der Waals surface area contributed by atoms with Crippen LogP contribution in [0, 0.1) is 0 Å². The van der Waals surface area contributed by atoms with Crippen molar-refractivity contribution in [1.29, 1.82) is 0 Å². The van der Waals surface area contributed by atoms with Crippen molar-refractivity contribution >= 4 is 105 Å². The molecule has 0 bridgehead atoms. The maximum Gasteiger partial charge on any atom is 0.207 e. The molecule has 0 radical (unpaired) electrons. The van der Waals surface area contributed by atoms with E-state index >= 15 is 0 Å². The van der Waals surface area contributed by atoms with E-state index in [-0.39, 0.29) is 71.9 Å². The summed E-state index contributed by atoms with van der Waals surface area (Å²) in [5, 5.41) is 0. The van der Waals surface area contributed by atoms with Crippen LogP contribution in [-0.4, -0.2) is 67.3 Å². The van der Waals surface area contributed by atoms with Gasteiger partial charge in [0.25, 0.3) is 0 Å². The SMILES string of the molecule is Cl.Cl.Cl.[AlH3].[AlH3].[CH3][AlH2].[CH3][AlH2]. The van der Waals surface area contributed by atoms with E-state index in [0.29, 0.717) is 0 Å². The topological polar surface area (TPSA) is 0 Å². The summed E-state index contributed by atoms with van der Waals surface area (Å²) in [5.41, 5.74) is 0. The molecule has 0 fully saturated rings. The van der Waals surface area contributed by atoms with Crippen LogP contribution < -0.4 is 0 Å². The van der Waals surface area contributed by atoms with Crippen LogP contribution in [0.1, 0.15) is 0 Å². The predicted molar refractivity (Wildman–Crippen MR) is 70.4 cm³/mol. The fraction of sp³-hybridized carbons (Fsp3) is 1.00. The fourth-order valence-corrected chi connectivity index (χ4v) is 0. The zero-order valence-corrected chi connectivity index (χ0v) is 11.7. The molecule has 0 aromatic rings. The van der Waals surface area contributed by atoms with Crippen LogP contribution in [0.4, 0.5) is 0 Å². The van der Waals surface area contributed by atoms with Gasteiger partial charge in [-0.1, -0.05) is 0 Å². The predicted octanol–water partition coefficient (Wildman–Crippen LogP) is -1.77. The number of hydrogen-bond donors (Lipinski definition) is 0. The minimum absolute atomic E-state index is 0. The Morgan fingerprint density at radius 1 is 0.556 bits per heavy atom. The van der Waals surface area contributed by atoms with E-state index < -0.39 is 0 Å². The van der Waals surface area contributed by atoms with E-state index in [4.69, 9.17) is 0 Å². The molecule has 9 heavy (non-hydrogen) atoms. The van der Waals surface area contributed by atoms with E-state index in [2.05, 4.69) is 11.6 Å². The summed E-state index contributed by atoms with van der Waals surface area (Å²) in [7, 11) is 0. The van der Waals surface area contributed by atoms with Gasteiger partial charge in [0.2, 0.25) is 32.6 Å². The largest absolute Gasteiger partial charge is 0.207 e. The van der Waals surface area contributed by atoms with Gasteiger partial charge >= 0.3 is 0 Å². The van der Waals surface area contributed by atoms with Gasteiger partial charge in [0, 0.05) is 0 Å². The lowest BCUT2D eigenvalue weighted by Crippen LogP contribution is -1.13. The van der Waals surface area contributed by atoms with E-state index in [1.54, 1.807) is 0 Å². The molecule has 0 unspecified atom stereocenters. The van der Waals surface area contributed by atoms with Gasteiger partial charge in [0.1, 0.15) is 0 Å². The summed E-state index contributed by atoms with van der Waals surface area (Å²) < 4.78 is 0. The van der Waals surface area contributed by atoms with Gasteiger partial charge in [-0.05, 0) is 0 Å². The van der Waals surface area contributed by atoms with E-state index in [1.807, 2.05) is 0 Å². The van der Waals surface area contributed by atoms with Gasteiger partial charge in [-0.15, -0.1) is 48.8 Å². The molecule has 0 aromatic carbocycles. The molecular formula is C2H19Al4Cl3. The Bertz CT molecular complexity index is 13.8. The molecule has 0 saturated heterocycles. The maximum absolute atomic E-state index is 2.14. The molecule has 0 atom stereocenters. The van der Waals surface area contributed by atoms with Gasteiger partial charge < -0.3 is 0 Å². The van der Waals surface area contributed by atoms with Gasteiger partial charge in [0.05, 0.1) is 0 Å². The monoisotopic (exact) mass is 256 g/mol. The van der Waals surface area contributed by atoms with Crippen LogP contribution in [-0.2, 0) is 0 Å². The number of halogens is 3. The first kappa shape index (κ1) is 58.1. The van der Waals surface area contributed by atoms with Gasteiger partial charge in [-0.3, -0.25) is 0 Å². The number of hydrogen-bond acceptors (Lipinski definition) is 0. The molecule has 60 valence electrons. The molecule has 0 N–H and O–H groups in total. The normalized spacial score (nSPS) is 1.11. The van der Waals surface area contributed by atoms with Crippen molar-refractivity contribution in [3.63, 3.8) is 0 Å². The molecular weight excluding hydrogens is 238 g/mol. The van der Waals surface area contributed by atoms with Crippen molar-refractivity contribution in [3.8, 4) is 0 Å². The second-order valence-corrected chi connectivity index (χ2v) is 0. The molecule has 0 aliphatic carbocycles. The average Bonchev–Trinajstić information content (AvgIpc) is 1.50. The third-order valence-electron chi connectivity index (χ3n) is 0. The smallest absolute Gasteiger partial charge is 0.147 e. The zero-order chi connectivity index (χ0) is 4.00. The Hall–Kier alpha value is 3.00. The van der Waals surface area contributed by atoms with Crippen LogP contribution in [0.15, 0.2) is 0 Å². The van der Waals surface area contributed by atoms with Gasteiger partial charge in [0.15, 0.2) is 34.7 Å². The quantitative estimate of drug-likeness (QED) is 0.451. The first-order valence-electron chi connectivity index (χ1n) is 2.00. The summed E-state index contributed by atoms with van der Waals surface area (Å²) in [4.78, 5) is 0. The summed E-state index contributed by atoms with van der Waals surface area (Å²) in [5.74, 6) is 4.28. The summed E-state index contributed by atoms with van der Waals surface area (Å²) in [6.07, 6.45) is 0. The van der Waals surface area contributed by atoms with Gasteiger partial charge in [-0.2, -0.15) is 0 Å². The van der Waals surface area contributed by atoms with Crippen LogP contribution in [0.3, 0.4) is 0 Å². The third-order valence-corrected chi connectivity index (χ3v) is 0. The molecule has 0 aliphatic heterocycles. The lowest BCUT2D eigenvalue weighted by atomic mass is 11.9. The standard InChI is InChI=1S/2CH3.4Al.3ClH.10H/h2*1H3;;;;;3*1H;;;;;;;;;;. The Morgan fingerprint density at radius 2 is 0.556 bits per heavy atom. The van der Waals surface area contributed by atoms with E-state index in [1.165, 1.54) is 32.6 Å². The molecule has 7 heteroatoms. The first-order chi connectivity index (χ1) is 2.00. The second kappa shape index (κ2) is 122. The number of rotatable bonds is 0. The molecule has 0 spiro atoms. The molecule has 0 amide bonds. The second-order valence-electron chi connectivity index (χ2n) is 0. The van der Waals surface area contributed by atoms with Crippen molar-refractivity contribution < 1.29 is 0 Å². The molecule has 0 aliphatic rings. The fourth-order valence-electron chi connectivity index (χ4n) is 0. The van der Waals surface area contributed by atoms with Crippen molar-refractivity contribution in [2.45, 2.75) is 11.6 Å². The summed E-state index contributed by atoms with van der Waals surface area (Å²) >= 11 is 2.61. The highest BCUT2D eigenvalue weighted by molar-refractivity contribution is 6.05. The molecule has 0 heterocycles. The highest BCUT2D eigenvalue weighted by Gasteiger charge is 1.06. The Morgan fingerprint density at radius 3 is 0.556 bits per heavy atom. The van der Waals surface area contributed by atoms with Crippen LogP contribution in [0.5, 0.6) is 0 Å². The van der Waals surface area contributed by atoms with Crippen LogP contribution >= 0.6 is 37.2 Å². The van der Waals surface area contributed by atoms with Gasteiger partial charge in [-0.25, -0.2) is 0 Å². The Labute approximate surface area is 115 Å². The minimum atomic E-state index is 0. The Kier molecular flexibility index (Phi) is 789. The average molecular weight is 257 g/mol. The van der Waals surface area contributed by atoms with Crippen molar-refractivity contribution in [1.82, 2.24) is 0 Å². The minimum Gasteiger partial charge on any atom is -0.147 e. The van der Waals surface area contributed by atoms with Crippen molar-refractivity contribution in [2.24, 2.45) is 0 Å². The summed E-state index contributed by atoms with van der Waals surface area (Å²) in [6, 6.07) is 0. The summed E-state index contributed by atoms with van der Waals surface area (Å²) in [6.45, 7) is 0. The lowest BCUT2D eigenvalue weighted by molar-refractivity contribution is 2.39. The first-order valence-corrected chi connectivity index (χ1v) is 6.00. The molecule has 0 saturated carbocycles. The van der Waals surface area contributed by atoms with E-state index in [0.717, 1.165) is 0 Å². The lowest BCUT2D eigenvalue weighted by Gasteiger charge is -0.965. The molecule has 0 rings (SSSR count). The van der Waals surface area contributed by atoms with Crippen LogP contribution in [0.25, 0.3) is 0 Å². The van der Waals surface area contributed by atoms with Crippen molar-refractivity contribution in [3.05, 3.63) is 0 Å². The molecule has 0 nitrogen and oxygen atoms in total. The van der Waals surface area contributed by atoms with Crippen LogP contribution in [0.2, 0.25) is 11.6 Å². The van der Waals surface area contributed by atoms with Crippen molar-refractivity contribution in [2.75, 3.05) is 0 Å².